The van der Waals surface area contributed by atoms with E-state index < -0.39 is 0 Å². The van der Waals surface area contributed by atoms with Crippen LogP contribution in [-0.4, -0.2) is 60.9 Å². The summed E-state index contributed by atoms with van der Waals surface area (Å²) in [6, 6.07) is 0. The summed E-state index contributed by atoms with van der Waals surface area (Å²) in [4.78, 5) is 0. The van der Waals surface area contributed by atoms with Crippen molar-refractivity contribution in [2.45, 2.75) is 72.0 Å². The van der Waals surface area contributed by atoms with Gasteiger partial charge in [-0.3, -0.25) is 0 Å². The first kappa shape index (κ1) is 56.3. The first-order valence-electron chi connectivity index (χ1n) is 6.77. The quantitative estimate of drug-likeness (QED) is 0.324. The molecule has 21 heavy (non-hydrogen) atoms. The van der Waals surface area contributed by atoms with Crippen molar-refractivity contribution in [3.8, 4) is 0 Å². The lowest BCUT2D eigenvalue weighted by Gasteiger charge is -1.74. The van der Waals surface area contributed by atoms with E-state index in [1.54, 1.807) is 0 Å². The highest BCUT2D eigenvalue weighted by molar-refractivity contribution is 8.93. The largest absolute Gasteiger partial charge is 0.198 e. The molecule has 0 aliphatic rings. The Kier molecular flexibility index (Phi) is 237. The molecule has 0 unspecified atom stereocenters. The van der Waals surface area contributed by atoms with E-state index in [1.165, 1.54) is 21.1 Å². The minimum absolute atomic E-state index is 0. The topological polar surface area (TPSA) is 0 Å². The van der Waals surface area contributed by atoms with Crippen LogP contribution in [0.3, 0.4) is 0 Å². The molecule has 0 aliphatic carbocycles. The second-order valence-electron chi connectivity index (χ2n) is 3.37. The molecule has 0 aromatic rings. The van der Waals surface area contributed by atoms with Crippen LogP contribution in [0.4, 0.5) is 0 Å². The minimum atomic E-state index is 0. The molecule has 0 aliphatic heterocycles. The molecule has 9 heteroatoms. The first-order chi connectivity index (χ1) is 7.66. The molecule has 0 bridgehead atoms. The second-order valence-corrected chi connectivity index (χ2v) is 10.1. The van der Waals surface area contributed by atoms with E-state index in [4.69, 9.17) is 0 Å². The van der Waals surface area contributed by atoms with Crippen LogP contribution in [0.25, 0.3) is 0 Å². The molecule has 0 nitrogen and oxygen atoms in total. The number of halogens is 5. The lowest BCUT2D eigenvalue weighted by Crippen LogP contribution is -1.76. The SMILES string of the molecule is Br.Br.C[CH2][Al][CH2]C.C[CH2][Al][CH2]C.Cl.Cl.Cl.[CH3][Al][CH3].[CH3][Al][CH3]. The highest BCUT2D eigenvalue weighted by Gasteiger charge is 1.75. The van der Waals surface area contributed by atoms with Crippen LogP contribution in [0.1, 0.15) is 27.7 Å². The summed E-state index contributed by atoms with van der Waals surface area (Å²) in [6.07, 6.45) is 0. The summed E-state index contributed by atoms with van der Waals surface area (Å²) in [5.41, 5.74) is 0. The first-order valence-corrected chi connectivity index (χ1v) is 14.7. The third kappa shape index (κ3) is 182. The van der Waals surface area contributed by atoms with E-state index in [0.29, 0.717) is 0 Å². The molecule has 4 radical (unpaired) electrons. The second kappa shape index (κ2) is 88.3. The van der Waals surface area contributed by atoms with Crippen molar-refractivity contribution in [1.82, 2.24) is 0 Å². The van der Waals surface area contributed by atoms with Gasteiger partial charge in [0, 0.05) is 0 Å². The van der Waals surface area contributed by atoms with E-state index in [-0.39, 0.29) is 71.2 Å². The molecular weight excluding hydrogens is 518 g/mol. The van der Waals surface area contributed by atoms with E-state index in [1.807, 2.05) is 0 Å². The molecule has 0 aromatic heterocycles. The molecule has 0 saturated heterocycles. The van der Waals surface area contributed by atoms with Crippen molar-refractivity contribution in [2.24, 2.45) is 0 Å². The number of hydrogen-bond acceptors (Lipinski definition) is 0. The average Bonchev–Trinajstić information content (AvgIpc) is 2.23. The van der Waals surface area contributed by atoms with Crippen LogP contribution in [0, 0.1) is 0 Å². The summed E-state index contributed by atoms with van der Waals surface area (Å²) in [7, 11) is 0. The molecule has 0 heterocycles. The fraction of sp³-hybridized carbons (Fsp3) is 1.00. The summed E-state index contributed by atoms with van der Waals surface area (Å²) in [6.45, 7) is 9.00. The van der Waals surface area contributed by atoms with Gasteiger partial charge < -0.3 is 0 Å². The van der Waals surface area contributed by atoms with Crippen molar-refractivity contribution in [3.63, 3.8) is 0 Å². The van der Waals surface area contributed by atoms with Gasteiger partial charge in [-0.05, 0) is 0 Å². The van der Waals surface area contributed by atoms with Crippen LogP contribution in [0.5, 0.6) is 0 Å². The molecule has 0 N–H and O–H groups in total. The van der Waals surface area contributed by atoms with Crippen molar-refractivity contribution >= 4 is 132 Å². The fourth-order valence-corrected chi connectivity index (χ4v) is 1.73. The van der Waals surface area contributed by atoms with E-state index in [0.717, 1.165) is 60.9 Å². The van der Waals surface area contributed by atoms with Gasteiger partial charge in [0.15, 0.2) is 60.9 Å². The molecule has 0 atom stereocenters. The molecular formula is C12H37Al4Br2Cl3. The van der Waals surface area contributed by atoms with Gasteiger partial charge in [-0.25, -0.2) is 0 Å². The zero-order valence-electron chi connectivity index (χ0n) is 15.2. The zero-order valence-corrected chi connectivity index (χ0v) is 25.7. The van der Waals surface area contributed by atoms with Gasteiger partial charge in [-0.2, -0.15) is 0 Å². The Morgan fingerprint density at radius 2 is 0.571 bits per heavy atom. The van der Waals surface area contributed by atoms with Gasteiger partial charge in [-0.1, -0.05) is 27.7 Å². The average molecular weight is 556 g/mol. The van der Waals surface area contributed by atoms with Crippen molar-refractivity contribution < 1.29 is 0 Å². The third-order valence-corrected chi connectivity index (χ3v) is 3.46. The maximum Gasteiger partial charge on any atom is 0.198 e. The summed E-state index contributed by atoms with van der Waals surface area (Å²) >= 11 is 3.13. The van der Waals surface area contributed by atoms with Crippen LogP contribution in [-0.2, 0) is 0 Å². The lowest BCUT2D eigenvalue weighted by molar-refractivity contribution is 1.36. The predicted molar refractivity (Wildman–Crippen MR) is 131 cm³/mol. The molecule has 0 amide bonds. The molecule has 0 rings (SSSR count). The summed E-state index contributed by atoms with van der Waals surface area (Å²) in [5, 5.41) is 5.71. The van der Waals surface area contributed by atoms with Gasteiger partial charge in [0.05, 0.1) is 0 Å². The Balaban J connectivity index is -0.0000000124. The maximum atomic E-state index is 2.25. The van der Waals surface area contributed by atoms with Gasteiger partial charge >= 0.3 is 0 Å². The Hall–Kier alpha value is 3.96. The summed E-state index contributed by atoms with van der Waals surface area (Å²) in [5.74, 6) is 8.83. The van der Waals surface area contributed by atoms with Gasteiger partial charge in [0.1, 0.15) is 0 Å². The number of rotatable bonds is 4. The van der Waals surface area contributed by atoms with Crippen molar-refractivity contribution in [3.05, 3.63) is 0 Å². The van der Waals surface area contributed by atoms with E-state index >= 15 is 0 Å². The van der Waals surface area contributed by atoms with Gasteiger partial charge in [0.25, 0.3) is 0 Å². The van der Waals surface area contributed by atoms with Gasteiger partial charge in [0.2, 0.25) is 0 Å². The highest BCUT2D eigenvalue weighted by Crippen LogP contribution is 1.77. The van der Waals surface area contributed by atoms with Crippen LogP contribution < -0.4 is 0 Å². The predicted octanol–water partition coefficient (Wildman–Crippen LogP) is 7.13. The van der Waals surface area contributed by atoms with Crippen LogP contribution in [0.15, 0.2) is 0 Å². The number of hydrogen-bond donors (Lipinski definition) is 0. The Morgan fingerprint density at radius 1 is 0.476 bits per heavy atom. The standard InChI is InChI=1S/4C2H5.4CH3.4Al.2BrH.3ClH/c4*1-2;;;;;;;;;;;;;/h4*1H2,2H3;4*1H3;;;;;5*1H. The fourth-order valence-electron chi connectivity index (χ4n) is 0.577. The molecule has 0 fully saturated rings. The normalized spacial score (nSPS) is 4.95. The summed E-state index contributed by atoms with van der Waals surface area (Å²) < 4.78 is 0. The Labute approximate surface area is 201 Å². The van der Waals surface area contributed by atoms with Crippen molar-refractivity contribution in [2.75, 3.05) is 0 Å². The van der Waals surface area contributed by atoms with Gasteiger partial charge in [-0.15, -0.1) is 115 Å². The highest BCUT2D eigenvalue weighted by atomic mass is 79.9. The molecule has 0 saturated carbocycles. The monoisotopic (exact) mass is 552 g/mol. The van der Waals surface area contributed by atoms with Crippen LogP contribution >= 0.6 is 71.2 Å². The minimum Gasteiger partial charge on any atom is -0.147 e. The molecule has 132 valence electrons. The Bertz CT molecular complexity index is 70.5. The third-order valence-electron chi connectivity index (χ3n) is 1.15. The Morgan fingerprint density at radius 3 is 0.571 bits per heavy atom. The lowest BCUT2D eigenvalue weighted by atomic mass is 10.9. The maximum absolute atomic E-state index is 2.25. The molecule has 0 aromatic carbocycles. The zero-order chi connectivity index (χ0) is 13.7. The smallest absolute Gasteiger partial charge is 0.147 e. The van der Waals surface area contributed by atoms with E-state index in [9.17, 15) is 0 Å². The van der Waals surface area contributed by atoms with E-state index in [2.05, 4.69) is 50.8 Å². The van der Waals surface area contributed by atoms with Crippen molar-refractivity contribution in [1.29, 1.82) is 0 Å². The van der Waals surface area contributed by atoms with Crippen LogP contribution in [0.2, 0.25) is 44.3 Å². The molecule has 0 spiro atoms.